The van der Waals surface area contributed by atoms with Crippen molar-refractivity contribution in [2.75, 3.05) is 5.32 Å². The number of thiazole rings is 1. The lowest BCUT2D eigenvalue weighted by Gasteiger charge is -2.11. The van der Waals surface area contributed by atoms with E-state index in [-0.39, 0.29) is 10.9 Å². The molecule has 0 aliphatic carbocycles. The molecule has 1 amide bonds. The fourth-order valence-corrected chi connectivity index (χ4v) is 4.13. The van der Waals surface area contributed by atoms with Gasteiger partial charge in [0.2, 0.25) is 0 Å². The van der Waals surface area contributed by atoms with E-state index >= 15 is 0 Å². The average Bonchev–Trinajstić information content (AvgIpc) is 3.38. The first kappa shape index (κ1) is 22.3. The fourth-order valence-electron chi connectivity index (χ4n) is 2.92. The van der Waals surface area contributed by atoms with Crippen molar-refractivity contribution >= 4 is 45.6 Å². The van der Waals surface area contributed by atoms with Crippen LogP contribution >= 0.6 is 34.5 Å². The van der Waals surface area contributed by atoms with Crippen LogP contribution < -0.4 is 5.32 Å². The first-order chi connectivity index (χ1) is 15.2. The second-order valence-electron chi connectivity index (χ2n) is 6.50. The molecule has 0 fully saturated rings. The van der Waals surface area contributed by atoms with E-state index in [0.717, 1.165) is 28.0 Å². The average molecular weight is 498 g/mol. The van der Waals surface area contributed by atoms with Crippen molar-refractivity contribution in [2.24, 2.45) is 0 Å². The van der Waals surface area contributed by atoms with Crippen molar-refractivity contribution in [3.05, 3.63) is 86.7 Å². The van der Waals surface area contributed by atoms with Crippen LogP contribution in [0.2, 0.25) is 10.0 Å². The maximum absolute atomic E-state index is 13.7. The summed E-state index contributed by atoms with van der Waals surface area (Å²) in [5.74, 6) is -1.05. The summed E-state index contributed by atoms with van der Waals surface area (Å²) in [4.78, 5) is 21.3. The number of nitrogens with one attached hydrogen (secondary N) is 1. The van der Waals surface area contributed by atoms with Crippen LogP contribution in [-0.4, -0.2) is 25.7 Å². The Morgan fingerprint density at radius 1 is 1.12 bits per heavy atom. The van der Waals surface area contributed by atoms with E-state index in [0.29, 0.717) is 21.1 Å². The first-order valence-corrected chi connectivity index (χ1v) is 10.6. The smallest absolute Gasteiger partial charge is 0.298 e. The number of pyridine rings is 1. The summed E-state index contributed by atoms with van der Waals surface area (Å²) in [5.41, 5.74) is -1.11. The molecule has 3 heterocycles. The molecule has 1 aromatic carbocycles. The summed E-state index contributed by atoms with van der Waals surface area (Å²) in [6.07, 6.45) is -0.733. The summed E-state index contributed by atoms with van der Waals surface area (Å²) in [6.45, 7) is 0. The molecular formula is C20H12Cl2F3N5OS. The highest BCUT2D eigenvalue weighted by Crippen LogP contribution is 2.34. The number of amides is 1. The van der Waals surface area contributed by atoms with Gasteiger partial charge in [-0.15, -0.1) is 11.3 Å². The molecule has 164 valence electrons. The lowest BCUT2D eigenvalue weighted by atomic mass is 10.1. The highest BCUT2D eigenvalue weighted by atomic mass is 35.5. The first-order valence-electron chi connectivity index (χ1n) is 8.99. The number of alkyl halides is 3. The molecule has 0 spiro atoms. The summed E-state index contributed by atoms with van der Waals surface area (Å²) in [5, 5.41) is 7.31. The van der Waals surface area contributed by atoms with E-state index in [1.807, 2.05) is 0 Å². The Morgan fingerprint density at radius 2 is 1.94 bits per heavy atom. The highest BCUT2D eigenvalue weighted by molar-refractivity contribution is 7.15. The highest BCUT2D eigenvalue weighted by Gasteiger charge is 2.41. The van der Waals surface area contributed by atoms with E-state index in [4.69, 9.17) is 23.2 Å². The molecule has 4 rings (SSSR count). The van der Waals surface area contributed by atoms with Crippen LogP contribution in [0.3, 0.4) is 0 Å². The van der Waals surface area contributed by atoms with Crippen LogP contribution in [0.25, 0.3) is 5.82 Å². The van der Waals surface area contributed by atoms with E-state index in [9.17, 15) is 18.0 Å². The Morgan fingerprint density at radius 3 is 2.66 bits per heavy atom. The molecule has 0 saturated carbocycles. The molecule has 0 aliphatic rings. The number of hydrogen-bond acceptors (Lipinski definition) is 5. The number of aromatic nitrogens is 4. The van der Waals surface area contributed by atoms with Crippen LogP contribution in [-0.2, 0) is 12.6 Å². The van der Waals surface area contributed by atoms with Crippen molar-refractivity contribution in [1.82, 2.24) is 19.7 Å². The van der Waals surface area contributed by atoms with Crippen molar-refractivity contribution in [2.45, 2.75) is 12.6 Å². The van der Waals surface area contributed by atoms with Crippen LogP contribution in [0.1, 0.15) is 26.5 Å². The molecule has 0 saturated heterocycles. The zero-order valence-corrected chi connectivity index (χ0v) is 18.2. The third-order valence-corrected chi connectivity index (χ3v) is 5.81. The lowest BCUT2D eigenvalue weighted by Crippen LogP contribution is -2.21. The molecule has 0 unspecified atom stereocenters. The number of carbonyl (C=O) groups excluding carboxylic acids is 1. The maximum atomic E-state index is 13.7. The molecule has 32 heavy (non-hydrogen) atoms. The predicted molar refractivity (Wildman–Crippen MR) is 116 cm³/mol. The van der Waals surface area contributed by atoms with Crippen LogP contribution in [0.5, 0.6) is 0 Å². The number of rotatable bonds is 5. The quantitative estimate of drug-likeness (QED) is 0.373. The molecular weight excluding hydrogens is 486 g/mol. The molecule has 0 aliphatic heterocycles. The molecule has 3 aromatic heterocycles. The second kappa shape index (κ2) is 8.89. The van der Waals surface area contributed by atoms with Crippen LogP contribution in [0.4, 0.5) is 18.3 Å². The standard InChI is InChI=1S/C20H12Cl2F3N5OS/c21-12-4-5-15(22)11(7-12)8-13-9-27-19(32-13)29-18(31)14-10-28-30(17(14)20(23,24)25)16-3-1-2-6-26-16/h1-7,9-10H,8H2,(H,27,29,31). The summed E-state index contributed by atoms with van der Waals surface area (Å²) < 4.78 is 41.8. The zero-order chi connectivity index (χ0) is 22.9. The van der Waals surface area contributed by atoms with E-state index in [1.54, 1.807) is 24.3 Å². The van der Waals surface area contributed by atoms with Crippen molar-refractivity contribution in [3.8, 4) is 5.82 Å². The summed E-state index contributed by atoms with van der Waals surface area (Å²) >= 11 is 13.3. The molecule has 4 aromatic rings. The van der Waals surface area contributed by atoms with Gasteiger partial charge < -0.3 is 0 Å². The van der Waals surface area contributed by atoms with E-state index in [1.165, 1.54) is 24.5 Å². The van der Waals surface area contributed by atoms with Gasteiger partial charge in [0.05, 0.1) is 11.8 Å². The van der Waals surface area contributed by atoms with Gasteiger partial charge in [0, 0.05) is 33.7 Å². The number of carbonyl (C=O) groups is 1. The zero-order valence-electron chi connectivity index (χ0n) is 15.9. The lowest BCUT2D eigenvalue weighted by molar-refractivity contribution is -0.143. The Hall–Kier alpha value is -2.95. The summed E-state index contributed by atoms with van der Waals surface area (Å²) in [6, 6.07) is 9.48. The van der Waals surface area contributed by atoms with Gasteiger partial charge in [0.15, 0.2) is 16.6 Å². The van der Waals surface area contributed by atoms with Crippen molar-refractivity contribution in [1.29, 1.82) is 0 Å². The maximum Gasteiger partial charge on any atom is 0.434 e. The largest absolute Gasteiger partial charge is 0.434 e. The minimum absolute atomic E-state index is 0.0613. The van der Waals surface area contributed by atoms with Crippen molar-refractivity contribution < 1.29 is 18.0 Å². The number of halogens is 5. The van der Waals surface area contributed by atoms with Gasteiger partial charge in [-0.1, -0.05) is 29.3 Å². The van der Waals surface area contributed by atoms with E-state index in [2.05, 4.69) is 20.4 Å². The monoisotopic (exact) mass is 497 g/mol. The SMILES string of the molecule is O=C(Nc1ncc(Cc2cc(Cl)ccc2Cl)s1)c1cnn(-c2ccccn2)c1C(F)(F)F. The molecule has 0 bridgehead atoms. The topological polar surface area (TPSA) is 72.7 Å². The molecule has 0 radical (unpaired) electrons. The number of nitrogens with zero attached hydrogens (tertiary/aromatic N) is 4. The molecule has 6 nitrogen and oxygen atoms in total. The molecule has 1 N–H and O–H groups in total. The second-order valence-corrected chi connectivity index (χ2v) is 8.46. The van der Waals surface area contributed by atoms with E-state index < -0.39 is 23.3 Å². The Kier molecular flexibility index (Phi) is 6.18. The van der Waals surface area contributed by atoms with Gasteiger partial charge >= 0.3 is 6.18 Å². The third kappa shape index (κ3) is 4.77. The minimum atomic E-state index is -4.84. The van der Waals surface area contributed by atoms with Gasteiger partial charge in [-0.3, -0.25) is 10.1 Å². The summed E-state index contributed by atoms with van der Waals surface area (Å²) in [7, 11) is 0. The molecule has 12 heteroatoms. The van der Waals surface area contributed by atoms with Gasteiger partial charge in [-0.2, -0.15) is 18.3 Å². The van der Waals surface area contributed by atoms with Crippen LogP contribution in [0, 0.1) is 0 Å². The number of anilines is 1. The van der Waals surface area contributed by atoms with Crippen LogP contribution in [0.15, 0.2) is 55.0 Å². The van der Waals surface area contributed by atoms with Gasteiger partial charge in [0.25, 0.3) is 5.91 Å². The predicted octanol–water partition coefficient (Wildman–Crippen LogP) is 5.89. The Labute approximate surface area is 193 Å². The Bertz CT molecular complexity index is 1270. The Balaban J connectivity index is 1.57. The fraction of sp³-hybridized carbons (Fsp3) is 0.100. The minimum Gasteiger partial charge on any atom is -0.298 e. The number of hydrogen-bond donors (Lipinski definition) is 1. The third-order valence-electron chi connectivity index (χ3n) is 4.30. The normalized spacial score (nSPS) is 11.5. The number of benzene rings is 1. The van der Waals surface area contributed by atoms with Gasteiger partial charge in [-0.05, 0) is 35.9 Å². The molecule has 0 atom stereocenters. The van der Waals surface area contributed by atoms with Crippen molar-refractivity contribution in [3.63, 3.8) is 0 Å². The van der Waals surface area contributed by atoms with Gasteiger partial charge in [-0.25, -0.2) is 14.6 Å². The van der Waals surface area contributed by atoms with Gasteiger partial charge in [0.1, 0.15) is 0 Å².